The van der Waals surface area contributed by atoms with Crippen molar-refractivity contribution in [1.29, 1.82) is 15.8 Å². The van der Waals surface area contributed by atoms with Gasteiger partial charge in [-0.25, -0.2) is 28.1 Å². The zero-order valence-corrected chi connectivity index (χ0v) is 18.7. The van der Waals surface area contributed by atoms with Gasteiger partial charge in [0.1, 0.15) is 0 Å². The second-order valence-corrected chi connectivity index (χ2v) is 10.1. The molecule has 0 aliphatic carbocycles. The van der Waals surface area contributed by atoms with E-state index in [0.717, 1.165) is 13.7 Å². The molecule has 0 aromatic carbocycles. The van der Waals surface area contributed by atoms with Crippen molar-refractivity contribution >= 4 is 0 Å². The zero-order chi connectivity index (χ0) is 23.3. The predicted molar refractivity (Wildman–Crippen MR) is 111 cm³/mol. The Morgan fingerprint density at radius 1 is 0.567 bits per heavy atom. The lowest BCUT2D eigenvalue weighted by Gasteiger charge is -2.27. The Labute approximate surface area is 176 Å². The Morgan fingerprint density at radius 2 is 0.767 bits per heavy atom. The van der Waals surface area contributed by atoms with Gasteiger partial charge in [-0.3, -0.25) is 0 Å². The molecule has 0 aliphatic heterocycles. The third kappa shape index (κ3) is 6.19. The Bertz CT molecular complexity index is 912. The lowest BCUT2D eigenvalue weighted by atomic mass is 9.89. The summed E-state index contributed by atoms with van der Waals surface area (Å²) in [6, 6.07) is 6.16. The molecule has 9 nitrogen and oxygen atoms in total. The van der Waals surface area contributed by atoms with E-state index in [0.29, 0.717) is 0 Å². The van der Waals surface area contributed by atoms with E-state index in [1.165, 1.54) is 0 Å². The van der Waals surface area contributed by atoms with E-state index in [1.807, 2.05) is 0 Å². The molecular formula is C21H30N6O3. The number of aromatic nitrogens is 3. The monoisotopic (exact) mass is 414 g/mol. The smallest absolute Gasteiger partial charge is 0.247 e. The summed E-state index contributed by atoms with van der Waals surface area (Å²) in [5.74, 6) is 0. The highest BCUT2D eigenvalue weighted by Gasteiger charge is 2.29. The van der Waals surface area contributed by atoms with E-state index in [4.69, 9.17) is 15.8 Å². The number of hydrogen-bond acceptors (Lipinski definition) is 6. The minimum absolute atomic E-state index is 0.0319. The first-order valence-electron chi connectivity index (χ1n) is 9.76. The number of nitriles is 3. The van der Waals surface area contributed by atoms with Crippen LogP contribution in [-0.2, 0) is 19.6 Å². The van der Waals surface area contributed by atoms with Gasteiger partial charge in [0.25, 0.3) is 0 Å². The van der Waals surface area contributed by atoms with E-state index in [2.05, 4.69) is 18.2 Å². The summed E-state index contributed by atoms with van der Waals surface area (Å²) < 4.78 is 2.97. The van der Waals surface area contributed by atoms with Gasteiger partial charge < -0.3 is 0 Å². The average Bonchev–Trinajstić information content (AvgIpc) is 2.59. The van der Waals surface area contributed by atoms with Gasteiger partial charge in [0.2, 0.25) is 0 Å². The van der Waals surface area contributed by atoms with Gasteiger partial charge in [-0.1, -0.05) is 41.5 Å². The highest BCUT2D eigenvalue weighted by Crippen LogP contribution is 2.23. The summed E-state index contributed by atoms with van der Waals surface area (Å²) in [4.78, 5) is 39.3. The van der Waals surface area contributed by atoms with Gasteiger partial charge in [0.05, 0.1) is 18.2 Å². The molecule has 1 aromatic heterocycles. The molecular weight excluding hydrogens is 384 g/mol. The molecule has 162 valence electrons. The first kappa shape index (κ1) is 24.9. The van der Waals surface area contributed by atoms with Gasteiger partial charge >= 0.3 is 17.1 Å². The maximum Gasteiger partial charge on any atom is 0.336 e. The molecule has 0 amide bonds. The molecule has 0 atom stereocenters. The van der Waals surface area contributed by atoms with Crippen LogP contribution in [0.5, 0.6) is 0 Å². The van der Waals surface area contributed by atoms with Crippen LogP contribution in [0, 0.1) is 50.2 Å². The molecule has 0 saturated carbocycles. The van der Waals surface area contributed by atoms with Crippen LogP contribution >= 0.6 is 0 Å². The van der Waals surface area contributed by atoms with Gasteiger partial charge in [-0.2, -0.15) is 15.8 Å². The molecule has 9 heteroatoms. The average molecular weight is 415 g/mol. The summed E-state index contributed by atoms with van der Waals surface area (Å²) in [6.07, 6.45) is 0.369. The van der Waals surface area contributed by atoms with Gasteiger partial charge in [-0.05, 0) is 16.2 Å². The van der Waals surface area contributed by atoms with Crippen LogP contribution in [0.25, 0.3) is 0 Å². The third-order valence-corrected chi connectivity index (χ3v) is 4.82. The fourth-order valence-electron chi connectivity index (χ4n) is 3.18. The standard InChI is InChI=1S/C21H30N6O3/c1-19(2,7-10-22)13-25-16(28)26(14-20(3,4)8-11-23)18(30)27(17(25)29)15-21(5,6)9-12-24/h7-9,13-15H2,1-6H3. The zero-order valence-electron chi connectivity index (χ0n) is 18.7. The number of hydrogen-bond donors (Lipinski definition) is 0. The molecule has 0 spiro atoms. The normalized spacial score (nSPS) is 12.1. The lowest BCUT2D eigenvalue weighted by molar-refractivity contribution is 0.238. The minimum Gasteiger partial charge on any atom is -0.247 e. The summed E-state index contributed by atoms with van der Waals surface area (Å²) in [5.41, 5.74) is -4.25. The molecule has 0 N–H and O–H groups in total. The van der Waals surface area contributed by atoms with Gasteiger partial charge in [0.15, 0.2) is 0 Å². The van der Waals surface area contributed by atoms with Gasteiger partial charge in [-0.15, -0.1) is 0 Å². The number of rotatable bonds is 9. The first-order valence-corrected chi connectivity index (χ1v) is 9.76. The summed E-state index contributed by atoms with van der Waals surface area (Å²) in [6.45, 7) is 10.5. The minimum atomic E-state index is -0.753. The molecule has 30 heavy (non-hydrogen) atoms. The quantitative estimate of drug-likeness (QED) is 0.606. The number of nitrogens with zero attached hydrogens (tertiary/aromatic N) is 6. The van der Waals surface area contributed by atoms with E-state index in [1.54, 1.807) is 41.5 Å². The molecule has 0 aliphatic rings. The van der Waals surface area contributed by atoms with Crippen LogP contribution in [0.1, 0.15) is 60.8 Å². The van der Waals surface area contributed by atoms with Gasteiger partial charge in [0, 0.05) is 38.9 Å². The van der Waals surface area contributed by atoms with E-state index in [-0.39, 0.29) is 38.9 Å². The molecule has 1 rings (SSSR count). The summed E-state index contributed by atoms with van der Waals surface area (Å²) in [7, 11) is 0. The van der Waals surface area contributed by atoms with Crippen molar-refractivity contribution < 1.29 is 0 Å². The fraction of sp³-hybridized carbons (Fsp3) is 0.714. The fourth-order valence-corrected chi connectivity index (χ4v) is 3.18. The van der Waals surface area contributed by atoms with Crippen molar-refractivity contribution in [1.82, 2.24) is 13.7 Å². The van der Waals surface area contributed by atoms with E-state index in [9.17, 15) is 14.4 Å². The summed E-state index contributed by atoms with van der Waals surface area (Å²) >= 11 is 0. The summed E-state index contributed by atoms with van der Waals surface area (Å²) in [5, 5.41) is 27.2. The van der Waals surface area contributed by atoms with E-state index < -0.39 is 33.3 Å². The molecule has 0 fully saturated rings. The van der Waals surface area contributed by atoms with Crippen molar-refractivity contribution in [2.45, 2.75) is 80.4 Å². The highest BCUT2D eigenvalue weighted by molar-refractivity contribution is 4.91. The molecule has 0 bridgehead atoms. The molecule has 1 aromatic rings. The third-order valence-electron chi connectivity index (χ3n) is 4.82. The van der Waals surface area contributed by atoms with Crippen LogP contribution in [0.15, 0.2) is 14.4 Å². The Morgan fingerprint density at radius 3 is 0.933 bits per heavy atom. The maximum atomic E-state index is 13.1. The van der Waals surface area contributed by atoms with Crippen molar-refractivity contribution in [3.05, 3.63) is 31.5 Å². The van der Waals surface area contributed by atoms with Crippen LogP contribution in [0.4, 0.5) is 0 Å². The Hall–Kier alpha value is -3.12. The predicted octanol–water partition coefficient (Wildman–Crippen LogP) is 1.99. The molecule has 0 unspecified atom stereocenters. The van der Waals surface area contributed by atoms with E-state index >= 15 is 0 Å². The second kappa shape index (κ2) is 9.13. The molecule has 0 radical (unpaired) electrons. The van der Waals surface area contributed by atoms with Crippen molar-refractivity contribution in [3.63, 3.8) is 0 Å². The highest BCUT2D eigenvalue weighted by atomic mass is 16.2. The van der Waals surface area contributed by atoms with Crippen LogP contribution in [0.2, 0.25) is 0 Å². The largest absolute Gasteiger partial charge is 0.336 e. The Kier molecular flexibility index (Phi) is 7.59. The van der Waals surface area contributed by atoms with Crippen LogP contribution in [-0.4, -0.2) is 13.7 Å². The van der Waals surface area contributed by atoms with Crippen molar-refractivity contribution in [2.24, 2.45) is 16.2 Å². The lowest BCUT2D eigenvalue weighted by Crippen LogP contribution is -2.57. The Balaban J connectivity index is 3.78. The van der Waals surface area contributed by atoms with Crippen LogP contribution < -0.4 is 17.1 Å². The molecule has 0 saturated heterocycles. The maximum absolute atomic E-state index is 13.1. The van der Waals surface area contributed by atoms with Crippen LogP contribution in [0.3, 0.4) is 0 Å². The SMILES string of the molecule is CC(C)(CC#N)Cn1c(=O)n(CC(C)(C)CC#N)c(=O)n(CC(C)(C)CC#N)c1=O. The van der Waals surface area contributed by atoms with Crippen molar-refractivity contribution in [3.8, 4) is 18.2 Å². The second-order valence-electron chi connectivity index (χ2n) is 10.1. The first-order chi connectivity index (χ1) is 13.7. The van der Waals surface area contributed by atoms with Crippen molar-refractivity contribution in [2.75, 3.05) is 0 Å². The topological polar surface area (TPSA) is 137 Å². The molecule has 1 heterocycles.